The molecule has 0 heterocycles. The number of thiol groups is 1. The van der Waals surface area contributed by atoms with E-state index in [1.165, 1.54) is 0 Å². The average Bonchev–Trinajstić information content (AvgIpc) is 1.86. The largest absolute Gasteiger partial charge is 0.394 e. The zero-order valence-electron chi connectivity index (χ0n) is 4.73. The van der Waals surface area contributed by atoms with E-state index < -0.39 is 24.3 Å². The van der Waals surface area contributed by atoms with Crippen molar-refractivity contribution in [2.24, 2.45) is 0 Å². The maximum Gasteiger partial charge on any atom is 0.158 e. The fraction of sp³-hybridized carbons (Fsp3) is 1.00. The van der Waals surface area contributed by atoms with E-state index in [-0.39, 0.29) is 0 Å². The molecule has 0 aromatic rings. The Morgan fingerprint density at radius 1 is 1.44 bits per heavy atom. The van der Waals surface area contributed by atoms with Crippen LogP contribution in [0.25, 0.3) is 0 Å². The Labute approximate surface area is 58.2 Å². The fourth-order valence-corrected chi connectivity index (χ4v) is 0.333. The molecule has 0 radical (unpaired) electrons. The zero-order chi connectivity index (χ0) is 7.49. The van der Waals surface area contributed by atoms with Gasteiger partial charge in [-0.05, 0) is 0 Å². The predicted octanol–water partition coefficient (Wildman–Crippen LogP) is -2.05. The quantitative estimate of drug-likeness (QED) is 0.239. The highest BCUT2D eigenvalue weighted by atomic mass is 32.1. The van der Waals surface area contributed by atoms with Gasteiger partial charge in [0.05, 0.1) is 13.2 Å². The standard InChI is InChI=1S/C4H10O4S/c5-1-3(7)4(8,9)2-6/h3,5-9H,1-2H2/t3-,4+/m1/s1. The molecule has 2 atom stereocenters. The molecular weight excluding hydrogens is 144 g/mol. The van der Waals surface area contributed by atoms with E-state index in [1.807, 2.05) is 0 Å². The van der Waals surface area contributed by atoms with Crippen LogP contribution in [0.3, 0.4) is 0 Å². The Bertz CT molecular complexity index is 84.6. The summed E-state index contributed by atoms with van der Waals surface area (Å²) in [5.74, 6) is 0. The van der Waals surface area contributed by atoms with Gasteiger partial charge in [-0.15, -0.1) is 12.6 Å². The fourth-order valence-electron chi connectivity index (χ4n) is 0.252. The number of aliphatic hydroxyl groups excluding tert-OH is 3. The highest BCUT2D eigenvalue weighted by molar-refractivity contribution is 7.81. The molecule has 4 nitrogen and oxygen atoms in total. The van der Waals surface area contributed by atoms with Gasteiger partial charge in [-0.2, -0.15) is 0 Å². The highest BCUT2D eigenvalue weighted by Crippen LogP contribution is 2.13. The molecule has 0 aliphatic rings. The highest BCUT2D eigenvalue weighted by Gasteiger charge is 2.29. The minimum absolute atomic E-state index is 0.624. The van der Waals surface area contributed by atoms with Gasteiger partial charge in [0.2, 0.25) is 0 Å². The second kappa shape index (κ2) is 3.38. The molecule has 0 unspecified atom stereocenters. The molecule has 0 amide bonds. The van der Waals surface area contributed by atoms with Crippen molar-refractivity contribution >= 4 is 12.6 Å². The number of aliphatic hydroxyl groups is 4. The van der Waals surface area contributed by atoms with Crippen molar-refractivity contribution in [2.45, 2.75) is 11.0 Å². The topological polar surface area (TPSA) is 80.9 Å². The van der Waals surface area contributed by atoms with E-state index in [0.717, 1.165) is 0 Å². The van der Waals surface area contributed by atoms with E-state index in [0.29, 0.717) is 0 Å². The van der Waals surface area contributed by atoms with Gasteiger partial charge >= 0.3 is 0 Å². The van der Waals surface area contributed by atoms with Crippen molar-refractivity contribution in [1.82, 2.24) is 0 Å². The third-order valence-electron chi connectivity index (χ3n) is 0.939. The summed E-state index contributed by atoms with van der Waals surface area (Å²) in [7, 11) is 0. The first-order valence-corrected chi connectivity index (χ1v) is 2.84. The van der Waals surface area contributed by atoms with Crippen molar-refractivity contribution in [3.8, 4) is 0 Å². The molecule has 4 N–H and O–H groups in total. The molecular formula is C4H10O4S. The van der Waals surface area contributed by atoms with Crippen molar-refractivity contribution in [3.63, 3.8) is 0 Å². The maximum absolute atomic E-state index is 8.80. The Morgan fingerprint density at radius 2 is 1.89 bits per heavy atom. The van der Waals surface area contributed by atoms with Gasteiger partial charge in [0, 0.05) is 0 Å². The van der Waals surface area contributed by atoms with Crippen LogP contribution in [0.15, 0.2) is 0 Å². The summed E-state index contributed by atoms with van der Waals surface area (Å²) < 4.78 is 0. The smallest absolute Gasteiger partial charge is 0.158 e. The summed E-state index contributed by atoms with van der Waals surface area (Å²) in [6.45, 7) is -1.32. The number of hydrogen-bond donors (Lipinski definition) is 5. The summed E-state index contributed by atoms with van der Waals surface area (Å²) in [5.41, 5.74) is 0. The zero-order valence-corrected chi connectivity index (χ0v) is 5.62. The molecule has 0 saturated heterocycles. The first kappa shape index (κ1) is 9.19. The van der Waals surface area contributed by atoms with Crippen LogP contribution >= 0.6 is 12.6 Å². The number of hydrogen-bond acceptors (Lipinski definition) is 5. The normalized spacial score (nSPS) is 21.0. The van der Waals surface area contributed by atoms with Gasteiger partial charge in [-0.3, -0.25) is 0 Å². The molecule has 56 valence electrons. The Morgan fingerprint density at radius 3 is 2.00 bits per heavy atom. The molecule has 9 heavy (non-hydrogen) atoms. The summed E-state index contributed by atoms with van der Waals surface area (Å²) in [6, 6.07) is 0. The minimum atomic E-state index is -1.89. The van der Waals surface area contributed by atoms with Gasteiger partial charge < -0.3 is 20.4 Å². The third-order valence-corrected chi connectivity index (χ3v) is 1.38. The minimum Gasteiger partial charge on any atom is -0.394 e. The van der Waals surface area contributed by atoms with Gasteiger partial charge in [0.1, 0.15) is 6.10 Å². The molecule has 5 heteroatoms. The van der Waals surface area contributed by atoms with Crippen molar-refractivity contribution in [3.05, 3.63) is 0 Å². The molecule has 0 aliphatic heterocycles. The monoisotopic (exact) mass is 154 g/mol. The first-order valence-electron chi connectivity index (χ1n) is 2.39. The van der Waals surface area contributed by atoms with Crippen molar-refractivity contribution < 1.29 is 20.4 Å². The van der Waals surface area contributed by atoms with Crippen LogP contribution in [0.5, 0.6) is 0 Å². The van der Waals surface area contributed by atoms with E-state index in [4.69, 9.17) is 20.4 Å². The van der Waals surface area contributed by atoms with E-state index in [2.05, 4.69) is 12.6 Å². The van der Waals surface area contributed by atoms with E-state index in [1.54, 1.807) is 0 Å². The van der Waals surface area contributed by atoms with Gasteiger partial charge in [0.15, 0.2) is 4.93 Å². The molecule has 0 fully saturated rings. The van der Waals surface area contributed by atoms with Gasteiger partial charge in [-0.1, -0.05) is 0 Å². The average molecular weight is 154 g/mol. The molecule has 0 aliphatic carbocycles. The number of rotatable bonds is 3. The summed E-state index contributed by atoms with van der Waals surface area (Å²) in [6.07, 6.45) is -1.41. The van der Waals surface area contributed by atoms with E-state index in [9.17, 15) is 0 Å². The SMILES string of the molecule is OC[C@@H](O)[C@@](O)(S)CO. The van der Waals surface area contributed by atoms with Crippen LogP contribution in [-0.2, 0) is 0 Å². The summed E-state index contributed by atoms with van der Waals surface area (Å²) in [5, 5.41) is 34.0. The van der Waals surface area contributed by atoms with Crippen LogP contribution < -0.4 is 0 Å². The Kier molecular flexibility index (Phi) is 3.45. The second-order valence-corrected chi connectivity index (χ2v) is 2.51. The predicted molar refractivity (Wildman–Crippen MR) is 34.1 cm³/mol. The van der Waals surface area contributed by atoms with Crippen LogP contribution in [-0.4, -0.2) is 44.7 Å². The van der Waals surface area contributed by atoms with Crippen LogP contribution in [0.2, 0.25) is 0 Å². The van der Waals surface area contributed by atoms with Crippen molar-refractivity contribution in [1.29, 1.82) is 0 Å². The maximum atomic E-state index is 8.80. The lowest BCUT2D eigenvalue weighted by Crippen LogP contribution is -2.42. The molecule has 0 aromatic heterocycles. The van der Waals surface area contributed by atoms with E-state index >= 15 is 0 Å². The molecule has 0 bridgehead atoms. The first-order chi connectivity index (χ1) is 4.04. The van der Waals surface area contributed by atoms with Crippen LogP contribution in [0, 0.1) is 0 Å². The molecule has 0 rings (SSSR count). The van der Waals surface area contributed by atoms with Gasteiger partial charge in [0.25, 0.3) is 0 Å². The Hall–Kier alpha value is 0.190. The molecule has 0 aromatic carbocycles. The third kappa shape index (κ3) is 2.51. The second-order valence-electron chi connectivity index (χ2n) is 1.74. The lowest BCUT2D eigenvalue weighted by atomic mass is 10.2. The van der Waals surface area contributed by atoms with Gasteiger partial charge in [-0.25, -0.2) is 0 Å². The lowest BCUT2D eigenvalue weighted by Gasteiger charge is -2.23. The van der Waals surface area contributed by atoms with Crippen LogP contribution in [0.4, 0.5) is 0 Å². The Balaban J connectivity index is 3.80. The molecule has 0 saturated carbocycles. The van der Waals surface area contributed by atoms with Crippen molar-refractivity contribution in [2.75, 3.05) is 13.2 Å². The molecule has 0 spiro atoms. The summed E-state index contributed by atoms with van der Waals surface area (Å²) >= 11 is 3.46. The van der Waals surface area contributed by atoms with Crippen LogP contribution in [0.1, 0.15) is 0 Å². The summed E-state index contributed by atoms with van der Waals surface area (Å²) in [4.78, 5) is -1.89. The lowest BCUT2D eigenvalue weighted by molar-refractivity contribution is -0.0601.